The molecule has 0 aliphatic carbocycles. The fourth-order valence-electron chi connectivity index (χ4n) is 2.63. The molecule has 166 valence electrons. The largest absolute Gasteiger partial charge is 0.493 e. The molecule has 0 unspecified atom stereocenters. The van der Waals surface area contributed by atoms with Crippen molar-refractivity contribution in [3.05, 3.63) is 65.7 Å². The molecule has 0 radical (unpaired) electrons. The van der Waals surface area contributed by atoms with E-state index in [9.17, 15) is 4.79 Å². The van der Waals surface area contributed by atoms with Gasteiger partial charge in [0.25, 0.3) is 5.95 Å². The van der Waals surface area contributed by atoms with Gasteiger partial charge in [0.2, 0.25) is 5.16 Å². The topological polar surface area (TPSA) is 117 Å². The molecule has 3 aromatic rings. The number of hydrogen-bond acceptors (Lipinski definition) is 9. The number of aromatic nitrogens is 3. The maximum atomic E-state index is 12.5. The predicted molar refractivity (Wildman–Crippen MR) is 127 cm³/mol. The van der Waals surface area contributed by atoms with Gasteiger partial charge in [-0.2, -0.15) is 5.10 Å². The van der Waals surface area contributed by atoms with Crippen LogP contribution in [0.25, 0.3) is 6.08 Å². The van der Waals surface area contributed by atoms with Crippen molar-refractivity contribution in [3.63, 3.8) is 0 Å². The summed E-state index contributed by atoms with van der Waals surface area (Å²) in [5, 5.41) is 12.6. The summed E-state index contributed by atoms with van der Waals surface area (Å²) in [6.45, 7) is 1.85. The highest BCUT2D eigenvalue weighted by Crippen LogP contribution is 2.28. The molecule has 1 aromatic heterocycles. The monoisotopic (exact) mass is 452 g/mol. The average molecular weight is 453 g/mol. The number of ketones is 1. The van der Waals surface area contributed by atoms with Crippen molar-refractivity contribution >= 4 is 35.3 Å². The molecule has 0 bridgehead atoms. The van der Waals surface area contributed by atoms with Crippen molar-refractivity contribution in [2.24, 2.45) is 5.10 Å². The van der Waals surface area contributed by atoms with Gasteiger partial charge in [-0.3, -0.25) is 4.79 Å². The number of nitrogens with zero attached hydrogens (tertiary/aromatic N) is 4. The molecule has 1 heterocycles. The maximum absolute atomic E-state index is 12.5. The Balaban J connectivity index is 1.59. The summed E-state index contributed by atoms with van der Waals surface area (Å²) in [6.07, 6.45) is 3.83. The zero-order valence-electron chi connectivity index (χ0n) is 18.0. The first-order valence-electron chi connectivity index (χ1n) is 9.63. The summed E-state index contributed by atoms with van der Waals surface area (Å²) in [4.78, 5) is 12.5. The lowest BCUT2D eigenvalue weighted by molar-refractivity contribution is 0.102. The molecule has 2 aromatic carbocycles. The van der Waals surface area contributed by atoms with Gasteiger partial charge in [0.1, 0.15) is 0 Å². The summed E-state index contributed by atoms with van der Waals surface area (Å²) >= 11 is 1.18. The molecule has 0 fully saturated rings. The number of anilines is 1. The molecular formula is C22H24N6O3S. The normalized spacial score (nSPS) is 11.5. The van der Waals surface area contributed by atoms with E-state index >= 15 is 0 Å². The lowest BCUT2D eigenvalue weighted by Crippen LogP contribution is -2.14. The van der Waals surface area contributed by atoms with Crippen LogP contribution in [0.15, 0.2) is 64.9 Å². The van der Waals surface area contributed by atoms with Gasteiger partial charge in [-0.15, -0.1) is 10.2 Å². The molecule has 0 aliphatic rings. The van der Waals surface area contributed by atoms with E-state index in [1.54, 1.807) is 25.3 Å². The Morgan fingerprint density at radius 3 is 2.62 bits per heavy atom. The summed E-state index contributed by atoms with van der Waals surface area (Å²) < 4.78 is 11.7. The second-order valence-electron chi connectivity index (χ2n) is 6.57. The van der Waals surface area contributed by atoms with Gasteiger partial charge in [0.05, 0.1) is 25.7 Å². The minimum absolute atomic E-state index is 0.103. The van der Waals surface area contributed by atoms with Crippen molar-refractivity contribution in [3.8, 4) is 11.5 Å². The van der Waals surface area contributed by atoms with E-state index in [1.807, 2.05) is 49.4 Å². The Morgan fingerprint density at radius 2 is 1.91 bits per heavy atom. The summed E-state index contributed by atoms with van der Waals surface area (Å²) in [7, 11) is 3.06. The number of hydrogen-bond donors (Lipinski definition) is 2. The molecule has 32 heavy (non-hydrogen) atoms. The van der Waals surface area contributed by atoms with E-state index in [2.05, 4.69) is 20.7 Å². The predicted octanol–water partition coefficient (Wildman–Crippen LogP) is 3.49. The van der Waals surface area contributed by atoms with E-state index < -0.39 is 0 Å². The number of hydrazone groups is 1. The molecule has 0 aliphatic heterocycles. The highest BCUT2D eigenvalue weighted by molar-refractivity contribution is 7.99. The SMILES string of the molecule is COc1ccc(C(=O)CSc2nnc(N/N=C(C)/C=C/c3ccccc3)n2N)cc1OC. The van der Waals surface area contributed by atoms with Gasteiger partial charge < -0.3 is 15.3 Å². The molecule has 0 saturated heterocycles. The van der Waals surface area contributed by atoms with Crippen LogP contribution in [0.4, 0.5) is 5.95 Å². The van der Waals surface area contributed by atoms with Crippen molar-refractivity contribution in [1.82, 2.24) is 14.9 Å². The highest BCUT2D eigenvalue weighted by Gasteiger charge is 2.15. The summed E-state index contributed by atoms with van der Waals surface area (Å²) in [5.41, 5.74) is 5.09. The number of thioether (sulfide) groups is 1. The molecule has 0 saturated carbocycles. The van der Waals surface area contributed by atoms with Crippen LogP contribution in [0.3, 0.4) is 0 Å². The standard InChI is InChI=1S/C22H24N6O3S/c1-15(9-10-16-7-5-4-6-8-16)24-25-21-26-27-22(28(21)23)32-14-18(29)17-11-12-19(30-2)20(13-17)31-3/h4-13H,14,23H2,1-3H3,(H,25,26)/b10-9+,24-15+. The lowest BCUT2D eigenvalue weighted by atomic mass is 10.1. The average Bonchev–Trinajstić information content (AvgIpc) is 3.19. The van der Waals surface area contributed by atoms with Crippen LogP contribution in [0, 0.1) is 0 Å². The molecule has 0 amide bonds. The number of carbonyl (C=O) groups excluding carboxylic acids is 1. The zero-order chi connectivity index (χ0) is 22.9. The van der Waals surface area contributed by atoms with Crippen molar-refractivity contribution in [2.45, 2.75) is 12.1 Å². The van der Waals surface area contributed by atoms with Crippen LogP contribution in [0.5, 0.6) is 11.5 Å². The summed E-state index contributed by atoms with van der Waals surface area (Å²) in [5.74, 6) is 7.38. The van der Waals surface area contributed by atoms with Crippen LogP contribution in [-0.2, 0) is 0 Å². The Kier molecular flexibility index (Phi) is 7.87. The number of carbonyl (C=O) groups is 1. The molecule has 3 rings (SSSR count). The molecule has 10 heteroatoms. The van der Waals surface area contributed by atoms with Crippen molar-refractivity contribution in [2.75, 3.05) is 31.2 Å². The van der Waals surface area contributed by atoms with E-state index in [0.717, 1.165) is 11.3 Å². The molecule has 3 N–H and O–H groups in total. The first-order valence-corrected chi connectivity index (χ1v) is 10.6. The second-order valence-corrected chi connectivity index (χ2v) is 7.51. The first kappa shape index (κ1) is 22.9. The van der Waals surface area contributed by atoms with Crippen molar-refractivity contribution < 1.29 is 14.3 Å². The molecule has 0 spiro atoms. The third-order valence-corrected chi connectivity index (χ3v) is 5.29. The number of nitrogen functional groups attached to an aromatic ring is 1. The second kappa shape index (κ2) is 11.0. The Bertz CT molecular complexity index is 1130. The Hall–Kier alpha value is -3.79. The van der Waals surface area contributed by atoms with Gasteiger partial charge in [-0.1, -0.05) is 48.2 Å². The highest BCUT2D eigenvalue weighted by atomic mass is 32.2. The van der Waals surface area contributed by atoms with Crippen molar-refractivity contribution in [1.29, 1.82) is 0 Å². The fourth-order valence-corrected chi connectivity index (χ4v) is 3.38. The number of rotatable bonds is 10. The Morgan fingerprint density at radius 1 is 1.16 bits per heavy atom. The maximum Gasteiger partial charge on any atom is 0.264 e. The molecule has 9 nitrogen and oxygen atoms in total. The number of benzene rings is 2. The minimum Gasteiger partial charge on any atom is -0.493 e. The van der Waals surface area contributed by atoms with Crippen LogP contribution < -0.4 is 20.7 Å². The smallest absolute Gasteiger partial charge is 0.264 e. The van der Waals surface area contributed by atoms with E-state index in [1.165, 1.54) is 23.5 Å². The van der Waals surface area contributed by atoms with Gasteiger partial charge in [0.15, 0.2) is 17.3 Å². The van der Waals surface area contributed by atoms with Crippen LogP contribution in [-0.4, -0.2) is 46.3 Å². The number of nitrogens with one attached hydrogen (secondary N) is 1. The van der Waals surface area contributed by atoms with Gasteiger partial charge in [0, 0.05) is 5.56 Å². The van der Waals surface area contributed by atoms with Crippen LogP contribution >= 0.6 is 11.8 Å². The van der Waals surface area contributed by atoms with Crippen LogP contribution in [0.1, 0.15) is 22.8 Å². The molecule has 0 atom stereocenters. The van der Waals surface area contributed by atoms with Gasteiger partial charge >= 0.3 is 0 Å². The minimum atomic E-state index is -0.103. The van der Waals surface area contributed by atoms with E-state index in [-0.39, 0.29) is 17.5 Å². The quantitative estimate of drug-likeness (QED) is 0.158. The van der Waals surface area contributed by atoms with Crippen LogP contribution in [0.2, 0.25) is 0 Å². The summed E-state index contributed by atoms with van der Waals surface area (Å²) in [6, 6.07) is 14.9. The molecular weight excluding hydrogens is 428 g/mol. The van der Waals surface area contributed by atoms with Gasteiger partial charge in [-0.25, -0.2) is 10.1 Å². The Labute approximate surface area is 190 Å². The number of methoxy groups -OCH3 is 2. The fraction of sp³-hybridized carbons (Fsp3) is 0.182. The van der Waals surface area contributed by atoms with Gasteiger partial charge in [-0.05, 0) is 36.8 Å². The number of nitrogens with two attached hydrogens (primary N) is 1. The zero-order valence-corrected chi connectivity index (χ0v) is 18.8. The van der Waals surface area contributed by atoms with E-state index in [0.29, 0.717) is 22.2 Å². The first-order chi connectivity index (χ1) is 15.5. The number of ether oxygens (including phenoxy) is 2. The third kappa shape index (κ3) is 5.88. The number of Topliss-reactive ketones (excluding diaryl/α,β-unsaturated/α-hetero) is 1. The number of allylic oxidation sites excluding steroid dienone is 1. The van der Waals surface area contributed by atoms with E-state index in [4.69, 9.17) is 15.3 Å². The third-order valence-electron chi connectivity index (χ3n) is 4.35. The lowest BCUT2D eigenvalue weighted by Gasteiger charge is -2.09.